The summed E-state index contributed by atoms with van der Waals surface area (Å²) in [5, 5.41) is 0. The van der Waals surface area contributed by atoms with Crippen LogP contribution in [0.5, 0.6) is 0 Å². The van der Waals surface area contributed by atoms with Crippen LogP contribution in [0.2, 0.25) is 0 Å². The summed E-state index contributed by atoms with van der Waals surface area (Å²) in [6, 6.07) is 8.17. The summed E-state index contributed by atoms with van der Waals surface area (Å²) in [4.78, 5) is 12.4. The minimum Gasteiger partial charge on any atom is -0.330 e. The minimum absolute atomic E-state index is 0.198. The van der Waals surface area contributed by atoms with Crippen molar-refractivity contribution in [1.29, 1.82) is 0 Å². The summed E-state index contributed by atoms with van der Waals surface area (Å²) < 4.78 is 0. The van der Waals surface area contributed by atoms with E-state index >= 15 is 0 Å². The van der Waals surface area contributed by atoms with Crippen molar-refractivity contribution >= 4 is 5.78 Å². The van der Waals surface area contributed by atoms with Crippen LogP contribution in [-0.2, 0) is 11.2 Å². The van der Waals surface area contributed by atoms with Crippen molar-refractivity contribution in [3.05, 3.63) is 35.4 Å². The number of benzene rings is 1. The Kier molecular flexibility index (Phi) is 4.54. The second kappa shape index (κ2) is 6.14. The van der Waals surface area contributed by atoms with E-state index in [2.05, 4.69) is 19.1 Å². The van der Waals surface area contributed by atoms with Gasteiger partial charge in [-0.05, 0) is 43.4 Å². The van der Waals surface area contributed by atoms with Crippen molar-refractivity contribution in [2.45, 2.75) is 39.0 Å². The number of hydrogen-bond acceptors (Lipinski definition) is 2. The molecule has 0 aliphatic heterocycles. The topological polar surface area (TPSA) is 43.1 Å². The van der Waals surface area contributed by atoms with Gasteiger partial charge in [0.15, 0.2) is 0 Å². The van der Waals surface area contributed by atoms with E-state index in [4.69, 9.17) is 5.73 Å². The molecule has 2 unspecified atom stereocenters. The van der Waals surface area contributed by atoms with Gasteiger partial charge in [-0.25, -0.2) is 0 Å². The number of rotatable bonds is 4. The van der Waals surface area contributed by atoms with Gasteiger partial charge < -0.3 is 5.73 Å². The van der Waals surface area contributed by atoms with Crippen LogP contribution in [0, 0.1) is 18.8 Å². The summed E-state index contributed by atoms with van der Waals surface area (Å²) in [5.74, 6) is 0.998. The highest BCUT2D eigenvalue weighted by atomic mass is 16.1. The average molecular weight is 245 g/mol. The molecule has 18 heavy (non-hydrogen) atoms. The predicted octanol–water partition coefficient (Wildman–Crippen LogP) is 2.87. The Hall–Kier alpha value is -1.15. The third-order valence-corrected chi connectivity index (χ3v) is 4.25. The van der Waals surface area contributed by atoms with Gasteiger partial charge in [0.25, 0.3) is 0 Å². The van der Waals surface area contributed by atoms with Crippen molar-refractivity contribution in [2.75, 3.05) is 6.54 Å². The molecule has 1 fully saturated rings. The maximum Gasteiger partial charge on any atom is 0.140 e. The molecular formula is C16H23NO. The number of carbonyl (C=O) groups is 1. The molecule has 0 saturated heterocycles. The van der Waals surface area contributed by atoms with Gasteiger partial charge in [0, 0.05) is 12.3 Å². The highest BCUT2D eigenvalue weighted by Gasteiger charge is 2.29. The van der Waals surface area contributed by atoms with Crippen LogP contribution in [0.4, 0.5) is 0 Å². The molecule has 0 heterocycles. The van der Waals surface area contributed by atoms with Crippen LogP contribution in [0.15, 0.2) is 24.3 Å². The molecule has 1 aliphatic carbocycles. The molecule has 2 nitrogen and oxygen atoms in total. The van der Waals surface area contributed by atoms with Crippen LogP contribution >= 0.6 is 0 Å². The molecule has 1 aromatic carbocycles. The van der Waals surface area contributed by atoms with Crippen LogP contribution in [0.25, 0.3) is 0 Å². The Morgan fingerprint density at radius 3 is 2.72 bits per heavy atom. The first-order valence-electron chi connectivity index (χ1n) is 6.99. The highest BCUT2D eigenvalue weighted by Crippen LogP contribution is 2.31. The van der Waals surface area contributed by atoms with E-state index in [0.717, 1.165) is 12.8 Å². The largest absolute Gasteiger partial charge is 0.330 e. The van der Waals surface area contributed by atoms with Crippen molar-refractivity contribution in [2.24, 2.45) is 17.6 Å². The maximum absolute atomic E-state index is 12.4. The van der Waals surface area contributed by atoms with Gasteiger partial charge in [0.05, 0.1) is 0 Å². The van der Waals surface area contributed by atoms with Crippen LogP contribution in [-0.4, -0.2) is 12.3 Å². The monoisotopic (exact) mass is 245 g/mol. The summed E-state index contributed by atoms with van der Waals surface area (Å²) in [6.07, 6.45) is 5.15. The lowest BCUT2D eigenvalue weighted by molar-refractivity contribution is -0.124. The molecule has 0 amide bonds. The number of ketones is 1. The third-order valence-electron chi connectivity index (χ3n) is 4.25. The number of nitrogens with two attached hydrogens (primary N) is 1. The molecule has 1 saturated carbocycles. The van der Waals surface area contributed by atoms with Crippen LogP contribution in [0.3, 0.4) is 0 Å². The molecule has 1 aromatic rings. The number of Topliss-reactive ketones (excluding diaryl/α,β-unsaturated/α-hetero) is 1. The molecular weight excluding hydrogens is 222 g/mol. The molecule has 0 spiro atoms. The number of aryl methyl sites for hydroxylation is 1. The summed E-state index contributed by atoms with van der Waals surface area (Å²) in [6.45, 7) is 2.73. The Morgan fingerprint density at radius 1 is 1.28 bits per heavy atom. The highest BCUT2D eigenvalue weighted by molar-refractivity contribution is 5.84. The summed E-state index contributed by atoms with van der Waals surface area (Å²) in [5.41, 5.74) is 8.19. The number of hydrogen-bond donors (Lipinski definition) is 1. The van der Waals surface area contributed by atoms with Gasteiger partial charge in [0.2, 0.25) is 0 Å². The molecule has 0 bridgehead atoms. The fraction of sp³-hybridized carbons (Fsp3) is 0.562. The van der Waals surface area contributed by atoms with E-state index in [-0.39, 0.29) is 5.92 Å². The van der Waals surface area contributed by atoms with Gasteiger partial charge in [-0.15, -0.1) is 0 Å². The lowest BCUT2D eigenvalue weighted by Gasteiger charge is -2.29. The van der Waals surface area contributed by atoms with Crippen LogP contribution < -0.4 is 5.73 Å². The third kappa shape index (κ3) is 2.99. The lowest BCUT2D eigenvalue weighted by atomic mass is 9.75. The molecule has 98 valence electrons. The van der Waals surface area contributed by atoms with Crippen molar-refractivity contribution < 1.29 is 4.79 Å². The Morgan fingerprint density at radius 2 is 2.00 bits per heavy atom. The molecule has 2 atom stereocenters. The first kappa shape index (κ1) is 13.3. The van der Waals surface area contributed by atoms with Crippen molar-refractivity contribution in [3.8, 4) is 0 Å². The Bertz CT molecular complexity index is 413. The first-order chi connectivity index (χ1) is 8.72. The van der Waals surface area contributed by atoms with Crippen molar-refractivity contribution in [3.63, 3.8) is 0 Å². The molecule has 2 rings (SSSR count). The SMILES string of the molecule is Cc1ccccc1CC(=O)C1CCCCC1CN. The van der Waals surface area contributed by atoms with E-state index in [0.29, 0.717) is 24.7 Å². The standard InChI is InChI=1S/C16H23NO/c1-12-6-2-3-7-13(12)10-16(18)15-9-5-4-8-14(15)11-17/h2-3,6-7,14-15H,4-5,8-11,17H2,1H3. The fourth-order valence-corrected chi connectivity index (χ4v) is 3.04. The lowest BCUT2D eigenvalue weighted by Crippen LogP contribution is -2.33. The molecule has 2 N–H and O–H groups in total. The zero-order valence-electron chi connectivity index (χ0n) is 11.2. The predicted molar refractivity (Wildman–Crippen MR) is 74.4 cm³/mol. The zero-order chi connectivity index (χ0) is 13.0. The summed E-state index contributed by atoms with van der Waals surface area (Å²) >= 11 is 0. The molecule has 2 heteroatoms. The van der Waals surface area contributed by atoms with Crippen LogP contribution in [0.1, 0.15) is 36.8 Å². The van der Waals surface area contributed by atoms with E-state index in [1.165, 1.54) is 24.0 Å². The van der Waals surface area contributed by atoms with E-state index < -0.39 is 0 Å². The van der Waals surface area contributed by atoms with E-state index in [1.807, 2.05) is 12.1 Å². The van der Waals surface area contributed by atoms with Crippen molar-refractivity contribution in [1.82, 2.24) is 0 Å². The van der Waals surface area contributed by atoms with E-state index in [9.17, 15) is 4.79 Å². The normalized spacial score (nSPS) is 23.9. The summed E-state index contributed by atoms with van der Waals surface area (Å²) in [7, 11) is 0. The molecule has 1 aliphatic rings. The van der Waals surface area contributed by atoms with E-state index in [1.54, 1.807) is 0 Å². The smallest absolute Gasteiger partial charge is 0.140 e. The Balaban J connectivity index is 2.05. The fourth-order valence-electron chi connectivity index (χ4n) is 3.04. The van der Waals surface area contributed by atoms with Gasteiger partial charge in [-0.3, -0.25) is 4.79 Å². The molecule has 0 aromatic heterocycles. The minimum atomic E-state index is 0.198. The van der Waals surface area contributed by atoms with Gasteiger partial charge >= 0.3 is 0 Å². The second-order valence-electron chi connectivity index (χ2n) is 5.46. The quantitative estimate of drug-likeness (QED) is 0.886. The van der Waals surface area contributed by atoms with Gasteiger partial charge in [-0.2, -0.15) is 0 Å². The van der Waals surface area contributed by atoms with Gasteiger partial charge in [-0.1, -0.05) is 37.1 Å². The van der Waals surface area contributed by atoms with Gasteiger partial charge in [0.1, 0.15) is 5.78 Å². The maximum atomic E-state index is 12.4. The molecule has 0 radical (unpaired) electrons. The zero-order valence-corrected chi connectivity index (χ0v) is 11.2. The Labute approximate surface area is 110 Å². The second-order valence-corrected chi connectivity index (χ2v) is 5.46. The first-order valence-corrected chi connectivity index (χ1v) is 6.99. The number of carbonyl (C=O) groups excluding carboxylic acids is 1. The average Bonchev–Trinajstić information content (AvgIpc) is 2.41.